The van der Waals surface area contributed by atoms with Crippen molar-refractivity contribution in [1.82, 2.24) is 9.55 Å². The van der Waals surface area contributed by atoms with Crippen LogP contribution in [0.1, 0.15) is 63.2 Å². The predicted octanol–water partition coefficient (Wildman–Crippen LogP) is 4.05. The number of Topliss-reactive ketones (excluding diaryl/α,β-unsaturated/α-hetero) is 1. The molecule has 0 atom stereocenters. The third kappa shape index (κ3) is 5.35. The third-order valence-electron chi connectivity index (χ3n) is 4.34. The summed E-state index contributed by atoms with van der Waals surface area (Å²) < 4.78 is 1.52. The molecule has 28 heavy (non-hydrogen) atoms. The highest BCUT2D eigenvalue weighted by atomic mass is 16.1. The molecular weight excluding hydrogens is 352 g/mol. The molecule has 0 bridgehead atoms. The van der Waals surface area contributed by atoms with Crippen molar-refractivity contribution in [3.05, 3.63) is 69.9 Å². The zero-order chi connectivity index (χ0) is 21.1. The molecule has 2 aromatic rings. The SMILES string of the molecule is CC(C)(C)C(=O)/C=C/c1cn(C(C)(C)C)c(=O)nc1CC(=O)c1ccccc1. The maximum absolute atomic E-state index is 12.6. The Morgan fingerprint density at radius 3 is 2.18 bits per heavy atom. The lowest BCUT2D eigenvalue weighted by Gasteiger charge is -2.23. The Labute approximate surface area is 166 Å². The fraction of sp³-hybridized carbons (Fsp3) is 0.391. The number of nitrogens with zero attached hydrogens (tertiary/aromatic N) is 2. The maximum Gasteiger partial charge on any atom is 0.348 e. The summed E-state index contributed by atoms with van der Waals surface area (Å²) in [5.74, 6) is -0.167. The standard InChI is InChI=1S/C23H28N2O3/c1-22(2,3)20(27)13-12-17-15-25(23(4,5)6)21(28)24-18(17)14-19(26)16-10-8-7-9-11-16/h7-13,15H,14H2,1-6H3/b13-12+. The number of carbonyl (C=O) groups excluding carboxylic acids is 2. The second-order valence-corrected chi connectivity index (χ2v) is 8.88. The van der Waals surface area contributed by atoms with Crippen molar-refractivity contribution < 1.29 is 9.59 Å². The molecule has 0 aliphatic carbocycles. The Bertz CT molecular complexity index is 956. The van der Waals surface area contributed by atoms with Crippen molar-refractivity contribution in [2.24, 2.45) is 5.41 Å². The zero-order valence-electron chi connectivity index (χ0n) is 17.4. The molecule has 1 heterocycles. The van der Waals surface area contributed by atoms with Crippen LogP contribution in [0.15, 0.2) is 47.4 Å². The van der Waals surface area contributed by atoms with Crippen LogP contribution in [0, 0.1) is 5.41 Å². The minimum Gasteiger partial charge on any atom is -0.294 e. The average Bonchev–Trinajstić information content (AvgIpc) is 2.59. The van der Waals surface area contributed by atoms with Gasteiger partial charge in [-0.05, 0) is 32.9 Å². The van der Waals surface area contributed by atoms with Gasteiger partial charge in [-0.25, -0.2) is 4.79 Å². The summed E-state index contributed by atoms with van der Waals surface area (Å²) in [7, 11) is 0. The van der Waals surface area contributed by atoms with Gasteiger partial charge in [0.1, 0.15) is 0 Å². The van der Waals surface area contributed by atoms with E-state index in [0.717, 1.165) is 0 Å². The van der Waals surface area contributed by atoms with E-state index >= 15 is 0 Å². The summed E-state index contributed by atoms with van der Waals surface area (Å²) in [6, 6.07) is 8.89. The van der Waals surface area contributed by atoms with Gasteiger partial charge in [0, 0.05) is 28.3 Å². The minimum atomic E-state index is -0.511. The number of aromatic nitrogens is 2. The quantitative estimate of drug-likeness (QED) is 0.580. The van der Waals surface area contributed by atoms with Gasteiger partial charge in [-0.3, -0.25) is 14.2 Å². The van der Waals surface area contributed by atoms with Crippen LogP contribution in [0.5, 0.6) is 0 Å². The molecule has 2 rings (SSSR count). The molecule has 0 radical (unpaired) electrons. The van der Waals surface area contributed by atoms with Gasteiger partial charge in [-0.2, -0.15) is 4.98 Å². The number of ketones is 2. The van der Waals surface area contributed by atoms with Crippen LogP contribution in [-0.4, -0.2) is 21.1 Å². The largest absolute Gasteiger partial charge is 0.348 e. The van der Waals surface area contributed by atoms with Gasteiger partial charge in [0.05, 0.1) is 12.1 Å². The van der Waals surface area contributed by atoms with E-state index in [1.54, 1.807) is 36.5 Å². The van der Waals surface area contributed by atoms with Gasteiger partial charge in [0.15, 0.2) is 11.6 Å². The summed E-state index contributed by atoms with van der Waals surface area (Å²) in [6.45, 7) is 11.2. The van der Waals surface area contributed by atoms with E-state index in [0.29, 0.717) is 16.8 Å². The molecule has 0 saturated heterocycles. The lowest BCUT2D eigenvalue weighted by molar-refractivity contribution is -0.121. The van der Waals surface area contributed by atoms with Gasteiger partial charge in [0.25, 0.3) is 0 Å². The van der Waals surface area contributed by atoms with E-state index < -0.39 is 16.6 Å². The number of hydrogen-bond donors (Lipinski definition) is 0. The minimum absolute atomic E-state index is 0.00633. The van der Waals surface area contributed by atoms with Crippen LogP contribution < -0.4 is 5.69 Å². The predicted molar refractivity (Wildman–Crippen MR) is 111 cm³/mol. The molecule has 0 fully saturated rings. The molecular formula is C23H28N2O3. The van der Waals surface area contributed by atoms with Gasteiger partial charge in [0.2, 0.25) is 0 Å². The van der Waals surface area contributed by atoms with Crippen molar-refractivity contribution in [3.8, 4) is 0 Å². The topological polar surface area (TPSA) is 69.0 Å². The van der Waals surface area contributed by atoms with Crippen LogP contribution in [0.25, 0.3) is 6.08 Å². The molecule has 0 amide bonds. The molecule has 1 aromatic heterocycles. The first-order chi connectivity index (χ1) is 12.9. The summed E-state index contributed by atoms with van der Waals surface area (Å²) in [6.07, 6.45) is 4.81. The fourth-order valence-electron chi connectivity index (χ4n) is 2.56. The smallest absolute Gasteiger partial charge is 0.294 e. The number of allylic oxidation sites excluding steroid dienone is 1. The molecule has 0 aliphatic heterocycles. The first-order valence-corrected chi connectivity index (χ1v) is 9.33. The highest BCUT2D eigenvalue weighted by Gasteiger charge is 2.21. The molecule has 0 N–H and O–H groups in total. The van der Waals surface area contributed by atoms with Crippen molar-refractivity contribution in [2.75, 3.05) is 0 Å². The highest BCUT2D eigenvalue weighted by molar-refractivity contribution is 5.99. The van der Waals surface area contributed by atoms with Crippen LogP contribution in [0.2, 0.25) is 0 Å². The van der Waals surface area contributed by atoms with E-state index in [2.05, 4.69) is 4.98 Å². The van der Waals surface area contributed by atoms with Crippen molar-refractivity contribution >= 4 is 17.6 Å². The van der Waals surface area contributed by atoms with E-state index in [1.807, 2.05) is 47.6 Å². The van der Waals surface area contributed by atoms with E-state index in [4.69, 9.17) is 0 Å². The first kappa shape index (κ1) is 21.5. The molecule has 0 aliphatic rings. The number of rotatable bonds is 5. The Kier molecular flexibility index (Phi) is 6.17. The average molecular weight is 380 g/mol. The van der Waals surface area contributed by atoms with Crippen LogP contribution in [-0.2, 0) is 16.8 Å². The molecule has 148 valence electrons. The van der Waals surface area contributed by atoms with E-state index in [1.165, 1.54) is 10.6 Å². The fourth-order valence-corrected chi connectivity index (χ4v) is 2.56. The Hall–Kier alpha value is -2.82. The Morgan fingerprint density at radius 1 is 1.04 bits per heavy atom. The number of carbonyl (C=O) groups is 2. The normalized spacial score (nSPS) is 12.4. The lowest BCUT2D eigenvalue weighted by Crippen LogP contribution is -2.36. The van der Waals surface area contributed by atoms with Gasteiger partial charge in [-0.15, -0.1) is 0 Å². The molecule has 5 nitrogen and oxygen atoms in total. The molecule has 1 aromatic carbocycles. The summed E-state index contributed by atoms with van der Waals surface area (Å²) in [5.41, 5.74) is 0.131. The van der Waals surface area contributed by atoms with Gasteiger partial charge < -0.3 is 0 Å². The van der Waals surface area contributed by atoms with E-state index in [-0.39, 0.29) is 18.0 Å². The van der Waals surface area contributed by atoms with Gasteiger partial charge in [-0.1, -0.05) is 51.1 Å². The van der Waals surface area contributed by atoms with Crippen molar-refractivity contribution in [2.45, 2.75) is 53.5 Å². The van der Waals surface area contributed by atoms with Crippen molar-refractivity contribution in [1.29, 1.82) is 0 Å². The second-order valence-electron chi connectivity index (χ2n) is 8.88. The van der Waals surface area contributed by atoms with Crippen molar-refractivity contribution in [3.63, 3.8) is 0 Å². The summed E-state index contributed by atoms with van der Waals surface area (Å²) >= 11 is 0. The molecule has 5 heteroatoms. The molecule has 0 unspecified atom stereocenters. The molecule has 0 saturated carbocycles. The Morgan fingerprint density at radius 2 is 1.64 bits per heavy atom. The zero-order valence-corrected chi connectivity index (χ0v) is 17.4. The van der Waals surface area contributed by atoms with Crippen LogP contribution in [0.4, 0.5) is 0 Å². The summed E-state index contributed by atoms with van der Waals surface area (Å²) in [5, 5.41) is 0. The maximum atomic E-state index is 12.6. The van der Waals surface area contributed by atoms with Crippen LogP contribution >= 0.6 is 0 Å². The first-order valence-electron chi connectivity index (χ1n) is 9.33. The lowest BCUT2D eigenvalue weighted by atomic mass is 9.90. The van der Waals surface area contributed by atoms with Crippen LogP contribution in [0.3, 0.4) is 0 Å². The Balaban J connectivity index is 2.50. The monoisotopic (exact) mass is 380 g/mol. The third-order valence-corrected chi connectivity index (χ3v) is 4.34. The number of hydrogen-bond acceptors (Lipinski definition) is 4. The highest BCUT2D eigenvalue weighted by Crippen LogP contribution is 2.19. The van der Waals surface area contributed by atoms with Gasteiger partial charge >= 0.3 is 5.69 Å². The summed E-state index contributed by atoms with van der Waals surface area (Å²) in [4.78, 5) is 41.6. The van der Waals surface area contributed by atoms with E-state index in [9.17, 15) is 14.4 Å². The second kappa shape index (κ2) is 8.05. The molecule has 0 spiro atoms. The number of benzene rings is 1.